The molecule has 2 atom stereocenters. The normalized spacial score (nSPS) is 20.5. The van der Waals surface area contributed by atoms with Gasteiger partial charge in [-0.1, -0.05) is 44.6 Å². The lowest BCUT2D eigenvalue weighted by Gasteiger charge is -2.09. The number of carbonyl (C=O) groups is 2. The third-order valence-electron chi connectivity index (χ3n) is 4.86. The van der Waals surface area contributed by atoms with Gasteiger partial charge in [-0.25, -0.2) is 0 Å². The maximum Gasteiger partial charge on any atom is 0.224 e. The standard InChI is InChI=1S/C21H30N2O2/c1-6-8-18(24)23-16-10-7-9-15(12-16)13-22-20(25)19-17(11-14(2)3)21(19,4)5/h7,9-12,17,19H,6,8,13H2,1-5H3,(H,22,25)(H,23,24). The Morgan fingerprint density at radius 2 is 1.96 bits per heavy atom. The summed E-state index contributed by atoms with van der Waals surface area (Å²) in [6.07, 6.45) is 3.54. The maximum atomic E-state index is 12.5. The first-order valence-corrected chi connectivity index (χ1v) is 9.07. The molecular formula is C21H30N2O2. The van der Waals surface area contributed by atoms with E-state index in [4.69, 9.17) is 0 Å². The molecule has 0 heterocycles. The van der Waals surface area contributed by atoms with Gasteiger partial charge < -0.3 is 10.6 Å². The Balaban J connectivity index is 1.92. The molecule has 0 aromatic heterocycles. The first-order chi connectivity index (χ1) is 11.8. The number of nitrogens with one attached hydrogen (secondary N) is 2. The molecule has 1 fully saturated rings. The molecule has 2 N–H and O–H groups in total. The van der Waals surface area contributed by atoms with Gasteiger partial charge in [0.05, 0.1) is 5.92 Å². The van der Waals surface area contributed by atoms with E-state index in [9.17, 15) is 9.59 Å². The van der Waals surface area contributed by atoms with Crippen LogP contribution in [0.2, 0.25) is 0 Å². The van der Waals surface area contributed by atoms with Crippen LogP contribution < -0.4 is 10.6 Å². The highest BCUT2D eigenvalue weighted by atomic mass is 16.2. The van der Waals surface area contributed by atoms with Gasteiger partial charge in [0, 0.05) is 18.7 Å². The largest absolute Gasteiger partial charge is 0.352 e. The predicted molar refractivity (Wildman–Crippen MR) is 102 cm³/mol. The molecule has 2 rings (SSSR count). The number of hydrogen-bond acceptors (Lipinski definition) is 2. The lowest BCUT2D eigenvalue weighted by atomic mass is 10.1. The van der Waals surface area contributed by atoms with Gasteiger partial charge in [-0.15, -0.1) is 0 Å². The van der Waals surface area contributed by atoms with Crippen molar-refractivity contribution in [1.29, 1.82) is 0 Å². The van der Waals surface area contributed by atoms with Gasteiger partial charge in [0.2, 0.25) is 11.8 Å². The molecule has 1 saturated carbocycles. The summed E-state index contributed by atoms with van der Waals surface area (Å²) >= 11 is 0. The Hall–Kier alpha value is -2.10. The van der Waals surface area contributed by atoms with Crippen molar-refractivity contribution in [1.82, 2.24) is 5.32 Å². The molecule has 4 heteroatoms. The SMILES string of the molecule is CCCC(=O)Nc1cccc(CNC(=O)C2C(C=C(C)C)C2(C)C)c1. The predicted octanol–water partition coefficient (Wildman–Crippen LogP) is 4.28. The zero-order chi connectivity index (χ0) is 18.6. The molecule has 136 valence electrons. The molecule has 2 amide bonds. The molecule has 25 heavy (non-hydrogen) atoms. The van der Waals surface area contributed by atoms with Crippen LogP contribution in [-0.2, 0) is 16.1 Å². The zero-order valence-electron chi connectivity index (χ0n) is 16.0. The van der Waals surface area contributed by atoms with Crippen LogP contribution in [-0.4, -0.2) is 11.8 Å². The minimum Gasteiger partial charge on any atom is -0.352 e. The van der Waals surface area contributed by atoms with E-state index in [-0.39, 0.29) is 23.1 Å². The number of allylic oxidation sites excluding steroid dienone is 2. The van der Waals surface area contributed by atoms with Crippen molar-refractivity contribution in [2.24, 2.45) is 17.3 Å². The number of benzene rings is 1. The van der Waals surface area contributed by atoms with E-state index in [1.165, 1.54) is 5.57 Å². The van der Waals surface area contributed by atoms with Crippen LogP contribution in [0.15, 0.2) is 35.9 Å². The molecule has 1 aliphatic rings. The van der Waals surface area contributed by atoms with Gasteiger partial charge in [-0.3, -0.25) is 9.59 Å². The number of amides is 2. The van der Waals surface area contributed by atoms with Crippen molar-refractivity contribution in [3.8, 4) is 0 Å². The molecule has 0 bridgehead atoms. The molecule has 2 unspecified atom stereocenters. The minimum absolute atomic E-state index is 0.0213. The summed E-state index contributed by atoms with van der Waals surface area (Å²) in [4.78, 5) is 24.2. The third-order valence-corrected chi connectivity index (χ3v) is 4.86. The first-order valence-electron chi connectivity index (χ1n) is 9.07. The van der Waals surface area contributed by atoms with Gasteiger partial charge in [0.15, 0.2) is 0 Å². The zero-order valence-corrected chi connectivity index (χ0v) is 16.0. The van der Waals surface area contributed by atoms with Crippen molar-refractivity contribution in [2.75, 3.05) is 5.32 Å². The van der Waals surface area contributed by atoms with E-state index in [2.05, 4.69) is 44.4 Å². The molecule has 0 saturated heterocycles. The van der Waals surface area contributed by atoms with Crippen LogP contribution in [0.25, 0.3) is 0 Å². The van der Waals surface area contributed by atoms with Crippen molar-refractivity contribution < 1.29 is 9.59 Å². The van der Waals surface area contributed by atoms with E-state index in [0.29, 0.717) is 18.9 Å². The van der Waals surface area contributed by atoms with Crippen LogP contribution in [0.4, 0.5) is 5.69 Å². The number of anilines is 1. The van der Waals surface area contributed by atoms with Gasteiger partial charge in [-0.2, -0.15) is 0 Å². The van der Waals surface area contributed by atoms with Crippen molar-refractivity contribution >= 4 is 17.5 Å². The monoisotopic (exact) mass is 342 g/mol. The first kappa shape index (κ1) is 19.2. The second-order valence-corrected chi connectivity index (χ2v) is 7.79. The lowest BCUT2D eigenvalue weighted by Crippen LogP contribution is -2.26. The Labute approximate surface area is 151 Å². The van der Waals surface area contributed by atoms with E-state index >= 15 is 0 Å². The fourth-order valence-electron chi connectivity index (χ4n) is 3.36. The lowest BCUT2D eigenvalue weighted by molar-refractivity contribution is -0.123. The number of rotatable bonds is 7. The third kappa shape index (κ3) is 4.94. The highest BCUT2D eigenvalue weighted by molar-refractivity contribution is 5.90. The summed E-state index contributed by atoms with van der Waals surface area (Å²) in [5.41, 5.74) is 3.04. The summed E-state index contributed by atoms with van der Waals surface area (Å²) in [7, 11) is 0. The van der Waals surface area contributed by atoms with Crippen LogP contribution in [0.1, 0.15) is 53.0 Å². The highest BCUT2D eigenvalue weighted by Crippen LogP contribution is 2.59. The van der Waals surface area contributed by atoms with Crippen molar-refractivity contribution in [2.45, 2.75) is 54.0 Å². The fourth-order valence-corrected chi connectivity index (χ4v) is 3.36. The molecule has 1 aromatic rings. The number of hydrogen-bond donors (Lipinski definition) is 2. The molecule has 0 spiro atoms. The number of carbonyl (C=O) groups excluding carboxylic acids is 2. The smallest absolute Gasteiger partial charge is 0.224 e. The van der Waals surface area contributed by atoms with Crippen molar-refractivity contribution in [3.05, 3.63) is 41.5 Å². The van der Waals surface area contributed by atoms with Crippen LogP contribution in [0.5, 0.6) is 0 Å². The van der Waals surface area contributed by atoms with E-state index in [1.807, 2.05) is 31.2 Å². The average Bonchev–Trinajstić information content (AvgIpc) is 3.05. The van der Waals surface area contributed by atoms with Gasteiger partial charge in [0.1, 0.15) is 0 Å². The van der Waals surface area contributed by atoms with Crippen LogP contribution in [0, 0.1) is 17.3 Å². The summed E-state index contributed by atoms with van der Waals surface area (Å²) in [5, 5.41) is 5.93. The van der Waals surface area contributed by atoms with Gasteiger partial charge >= 0.3 is 0 Å². The Morgan fingerprint density at radius 3 is 2.60 bits per heavy atom. The average molecular weight is 342 g/mol. The highest BCUT2D eigenvalue weighted by Gasteiger charge is 2.60. The molecule has 0 aliphatic heterocycles. The van der Waals surface area contributed by atoms with Gasteiger partial charge in [-0.05, 0) is 49.3 Å². The molecule has 1 aromatic carbocycles. The minimum atomic E-state index is 0.0213. The Bertz CT molecular complexity index is 672. The quantitative estimate of drug-likeness (QED) is 0.727. The molecule has 1 aliphatic carbocycles. The molecule has 4 nitrogen and oxygen atoms in total. The summed E-state index contributed by atoms with van der Waals surface area (Å²) in [6, 6.07) is 7.64. The molecule has 0 radical (unpaired) electrons. The second-order valence-electron chi connectivity index (χ2n) is 7.79. The van der Waals surface area contributed by atoms with E-state index in [0.717, 1.165) is 17.7 Å². The van der Waals surface area contributed by atoms with E-state index < -0.39 is 0 Å². The summed E-state index contributed by atoms with van der Waals surface area (Å²) < 4.78 is 0. The topological polar surface area (TPSA) is 58.2 Å². The maximum absolute atomic E-state index is 12.5. The van der Waals surface area contributed by atoms with Crippen LogP contribution in [0.3, 0.4) is 0 Å². The Kier molecular flexibility index (Phi) is 6.04. The summed E-state index contributed by atoms with van der Waals surface area (Å²) in [6.45, 7) is 10.9. The Morgan fingerprint density at radius 1 is 1.24 bits per heavy atom. The second kappa shape index (κ2) is 7.85. The van der Waals surface area contributed by atoms with Crippen molar-refractivity contribution in [3.63, 3.8) is 0 Å². The fraction of sp³-hybridized carbons (Fsp3) is 0.524. The van der Waals surface area contributed by atoms with E-state index in [1.54, 1.807) is 0 Å². The van der Waals surface area contributed by atoms with Crippen LogP contribution >= 0.6 is 0 Å². The van der Waals surface area contributed by atoms with Gasteiger partial charge in [0.25, 0.3) is 0 Å². The summed E-state index contributed by atoms with van der Waals surface area (Å²) in [5.74, 6) is 0.480. The molecular weight excluding hydrogens is 312 g/mol.